The molecule has 1 saturated heterocycles. The average molecular weight is 393 g/mol. The highest BCUT2D eigenvalue weighted by Gasteiger charge is 2.36. The first-order chi connectivity index (χ1) is 13.0. The number of nitrogens with zero attached hydrogens (tertiary/aromatic N) is 4. The maximum absolute atomic E-state index is 13.4. The number of hydrogen-bond donors (Lipinski definition) is 0. The molecule has 2 rings (SSSR count). The van der Waals surface area contributed by atoms with E-state index in [1.165, 1.54) is 0 Å². The molecule has 158 valence electrons. The first kappa shape index (κ1) is 22.2. The highest BCUT2D eigenvalue weighted by atomic mass is 16.6. The van der Waals surface area contributed by atoms with Gasteiger partial charge in [0.25, 0.3) is 0 Å². The van der Waals surface area contributed by atoms with Gasteiger partial charge in [-0.15, -0.1) is 0 Å². The van der Waals surface area contributed by atoms with Gasteiger partial charge >= 0.3 is 6.09 Å². The number of amides is 2. The van der Waals surface area contributed by atoms with Crippen LogP contribution in [0.2, 0.25) is 0 Å². The molecule has 1 fully saturated rings. The van der Waals surface area contributed by atoms with Crippen molar-refractivity contribution in [3.63, 3.8) is 0 Å². The van der Waals surface area contributed by atoms with Gasteiger partial charge in [0.2, 0.25) is 5.91 Å². The van der Waals surface area contributed by atoms with Crippen molar-refractivity contribution in [3.05, 3.63) is 17.0 Å². The fraction of sp³-hybridized carbons (Fsp3) is 0.762. The maximum atomic E-state index is 13.4. The van der Waals surface area contributed by atoms with Crippen molar-refractivity contribution in [2.75, 3.05) is 19.6 Å². The molecule has 1 aliphatic rings. The summed E-state index contributed by atoms with van der Waals surface area (Å²) in [6.07, 6.45) is 1.52. The van der Waals surface area contributed by atoms with Gasteiger partial charge in [0.05, 0.1) is 11.6 Å². The Balaban J connectivity index is 2.16. The zero-order valence-electron chi connectivity index (χ0n) is 18.7. The number of hydrogen-bond acceptors (Lipinski definition) is 4. The van der Waals surface area contributed by atoms with Crippen molar-refractivity contribution in [3.8, 4) is 0 Å². The molecule has 0 aliphatic carbocycles. The molecule has 0 N–H and O–H groups in total. The minimum Gasteiger partial charge on any atom is -0.444 e. The van der Waals surface area contributed by atoms with Gasteiger partial charge in [-0.1, -0.05) is 13.3 Å². The summed E-state index contributed by atoms with van der Waals surface area (Å²) in [7, 11) is 1.91. The highest BCUT2D eigenvalue weighted by molar-refractivity contribution is 5.84. The topological polar surface area (TPSA) is 67.7 Å². The largest absolute Gasteiger partial charge is 0.444 e. The first-order valence-corrected chi connectivity index (χ1v) is 10.2. The van der Waals surface area contributed by atoms with Crippen LogP contribution in [0.3, 0.4) is 0 Å². The van der Waals surface area contributed by atoms with E-state index in [0.717, 1.165) is 29.8 Å². The minimum absolute atomic E-state index is 0.0125. The normalized spacial score (nSPS) is 18.9. The fourth-order valence-corrected chi connectivity index (χ4v) is 4.01. The smallest absolute Gasteiger partial charge is 0.410 e. The summed E-state index contributed by atoms with van der Waals surface area (Å²) in [4.78, 5) is 29.5. The molecule has 7 heteroatoms. The van der Waals surface area contributed by atoms with Crippen molar-refractivity contribution in [1.29, 1.82) is 0 Å². The van der Waals surface area contributed by atoms with Crippen LogP contribution in [0.4, 0.5) is 4.79 Å². The van der Waals surface area contributed by atoms with Crippen LogP contribution in [-0.4, -0.2) is 62.9 Å². The van der Waals surface area contributed by atoms with Crippen LogP contribution in [-0.2, 0) is 16.6 Å². The molecule has 7 nitrogen and oxygen atoms in total. The molecular weight excluding hydrogens is 356 g/mol. The van der Waals surface area contributed by atoms with E-state index in [1.807, 2.05) is 58.2 Å². The number of aromatic nitrogens is 2. The monoisotopic (exact) mass is 392 g/mol. The van der Waals surface area contributed by atoms with Crippen LogP contribution in [0.25, 0.3) is 0 Å². The summed E-state index contributed by atoms with van der Waals surface area (Å²) >= 11 is 0. The van der Waals surface area contributed by atoms with Gasteiger partial charge in [-0.25, -0.2) is 4.79 Å². The zero-order chi connectivity index (χ0) is 21.2. The second-order valence-electron chi connectivity index (χ2n) is 8.83. The standard InChI is InChI=1S/C21H36N4O3/c1-9-10-17-13-24(20(27)28-21(5,6)7)11-12-25(17)19(26)14(2)18-15(3)22-23(8)16(18)4/h14,17H,9-13H2,1-8H3/t14-,17-/m1/s1. The summed E-state index contributed by atoms with van der Waals surface area (Å²) in [5.74, 6) is -0.136. The molecule has 2 heterocycles. The minimum atomic E-state index is -0.520. The molecule has 1 aromatic rings. The van der Waals surface area contributed by atoms with Gasteiger partial charge < -0.3 is 14.5 Å². The molecule has 0 spiro atoms. The Hall–Kier alpha value is -2.05. The summed E-state index contributed by atoms with van der Waals surface area (Å²) in [6.45, 7) is 15.2. The molecule has 0 saturated carbocycles. The van der Waals surface area contributed by atoms with Crippen molar-refractivity contribution in [2.45, 2.75) is 78.9 Å². The number of aryl methyl sites for hydroxylation is 2. The summed E-state index contributed by atoms with van der Waals surface area (Å²) < 4.78 is 7.35. The third kappa shape index (κ3) is 4.86. The zero-order valence-corrected chi connectivity index (χ0v) is 18.7. The summed E-state index contributed by atoms with van der Waals surface area (Å²) in [5.41, 5.74) is 2.42. The first-order valence-electron chi connectivity index (χ1n) is 10.2. The van der Waals surface area contributed by atoms with Crippen molar-refractivity contribution in [1.82, 2.24) is 19.6 Å². The van der Waals surface area contributed by atoms with E-state index in [2.05, 4.69) is 12.0 Å². The van der Waals surface area contributed by atoms with Crippen LogP contribution < -0.4 is 0 Å². The lowest BCUT2D eigenvalue weighted by Gasteiger charge is -2.42. The van der Waals surface area contributed by atoms with Gasteiger partial charge in [-0.2, -0.15) is 5.10 Å². The Morgan fingerprint density at radius 3 is 2.39 bits per heavy atom. The van der Waals surface area contributed by atoms with Gasteiger partial charge in [0.15, 0.2) is 0 Å². The Kier molecular flexibility index (Phi) is 6.78. The van der Waals surface area contributed by atoms with Crippen LogP contribution >= 0.6 is 0 Å². The quantitative estimate of drug-likeness (QED) is 0.788. The van der Waals surface area contributed by atoms with Gasteiger partial charge in [-0.3, -0.25) is 9.48 Å². The van der Waals surface area contributed by atoms with E-state index >= 15 is 0 Å². The molecular formula is C21H36N4O3. The number of rotatable bonds is 4. The Bertz CT molecular complexity index is 720. The van der Waals surface area contributed by atoms with Crippen LogP contribution in [0.5, 0.6) is 0 Å². The average Bonchev–Trinajstić information content (AvgIpc) is 2.84. The van der Waals surface area contributed by atoms with Gasteiger partial charge in [0, 0.05) is 44.0 Å². The lowest BCUT2D eigenvalue weighted by Crippen LogP contribution is -2.57. The predicted octanol–water partition coefficient (Wildman–Crippen LogP) is 3.39. The van der Waals surface area contributed by atoms with Gasteiger partial charge in [0.1, 0.15) is 5.60 Å². The summed E-state index contributed by atoms with van der Waals surface area (Å²) in [6, 6.07) is 0.0125. The number of carbonyl (C=O) groups is 2. The molecule has 28 heavy (non-hydrogen) atoms. The van der Waals surface area contributed by atoms with Crippen LogP contribution in [0.15, 0.2) is 0 Å². The van der Waals surface area contributed by atoms with Crippen LogP contribution in [0.1, 0.15) is 70.3 Å². The van der Waals surface area contributed by atoms with Crippen molar-refractivity contribution < 1.29 is 14.3 Å². The second-order valence-corrected chi connectivity index (χ2v) is 8.83. The Morgan fingerprint density at radius 2 is 1.89 bits per heavy atom. The molecule has 0 unspecified atom stereocenters. The van der Waals surface area contributed by atoms with Crippen LogP contribution in [0, 0.1) is 13.8 Å². The molecule has 0 bridgehead atoms. The summed E-state index contributed by atoms with van der Waals surface area (Å²) in [5, 5.41) is 4.46. The molecule has 2 amide bonds. The highest BCUT2D eigenvalue weighted by Crippen LogP contribution is 2.27. The Morgan fingerprint density at radius 1 is 1.25 bits per heavy atom. The molecule has 1 aliphatic heterocycles. The van der Waals surface area contributed by atoms with E-state index in [9.17, 15) is 9.59 Å². The lowest BCUT2D eigenvalue weighted by molar-refractivity contribution is -0.137. The molecule has 0 aromatic carbocycles. The van der Waals surface area contributed by atoms with Gasteiger partial charge in [-0.05, 0) is 48.0 Å². The van der Waals surface area contributed by atoms with E-state index in [0.29, 0.717) is 19.6 Å². The lowest BCUT2D eigenvalue weighted by atomic mass is 9.95. The molecule has 0 radical (unpaired) electrons. The van der Waals surface area contributed by atoms with E-state index in [4.69, 9.17) is 4.74 Å². The number of piperazine rings is 1. The number of carbonyl (C=O) groups excluding carboxylic acids is 2. The third-order valence-electron chi connectivity index (χ3n) is 5.41. The van der Waals surface area contributed by atoms with Crippen molar-refractivity contribution >= 4 is 12.0 Å². The van der Waals surface area contributed by atoms with E-state index in [-0.39, 0.29) is 24.0 Å². The molecule has 2 atom stereocenters. The molecule has 1 aromatic heterocycles. The fourth-order valence-electron chi connectivity index (χ4n) is 4.01. The third-order valence-corrected chi connectivity index (χ3v) is 5.41. The van der Waals surface area contributed by atoms with Crippen molar-refractivity contribution in [2.24, 2.45) is 7.05 Å². The van der Waals surface area contributed by atoms with E-state index in [1.54, 1.807) is 4.90 Å². The Labute approximate surface area is 169 Å². The maximum Gasteiger partial charge on any atom is 0.410 e. The SMILES string of the molecule is CCC[C@@H]1CN(C(=O)OC(C)(C)C)CCN1C(=O)[C@H](C)c1c(C)nn(C)c1C. The second kappa shape index (κ2) is 8.53. The predicted molar refractivity (Wildman–Crippen MR) is 109 cm³/mol. The van der Waals surface area contributed by atoms with E-state index < -0.39 is 5.60 Å². The number of ether oxygens (including phenoxy) is 1.